The number of anilines is 1. The fourth-order valence-electron chi connectivity index (χ4n) is 2.84. The lowest BCUT2D eigenvalue weighted by Crippen LogP contribution is -2.48. The van der Waals surface area contributed by atoms with Crippen LogP contribution in [0.4, 0.5) is 23.8 Å². The number of pyridine rings is 1. The normalized spacial score (nSPS) is 23.5. The molecule has 2 atom stereocenters. The molecule has 5 N–H and O–H groups in total. The SMILES string of the molecule is C[C@@]1(NC(=O)O)CCN([C@H](c2ccc(NN)nc2)C(F)(F)F)C1. The molecule has 23 heavy (non-hydrogen) atoms. The van der Waals surface area contributed by atoms with Gasteiger partial charge in [-0.2, -0.15) is 13.2 Å². The maximum atomic E-state index is 13.5. The number of halogens is 3. The van der Waals surface area contributed by atoms with Crippen LogP contribution in [0.25, 0.3) is 0 Å². The van der Waals surface area contributed by atoms with E-state index in [2.05, 4.69) is 15.7 Å². The third kappa shape index (κ3) is 4.02. The second-order valence-electron chi connectivity index (χ2n) is 5.78. The number of nitrogens with one attached hydrogen (secondary N) is 2. The molecule has 1 saturated heterocycles. The Morgan fingerprint density at radius 3 is 2.70 bits per heavy atom. The number of aromatic nitrogens is 1. The van der Waals surface area contributed by atoms with Crippen LogP contribution in [0.2, 0.25) is 0 Å². The van der Waals surface area contributed by atoms with Gasteiger partial charge in [-0.25, -0.2) is 15.6 Å². The fourth-order valence-corrected chi connectivity index (χ4v) is 2.84. The van der Waals surface area contributed by atoms with Crippen molar-refractivity contribution in [2.45, 2.75) is 31.1 Å². The lowest BCUT2D eigenvalue weighted by atomic mass is 10.0. The summed E-state index contributed by atoms with van der Waals surface area (Å²) in [5, 5.41) is 11.1. The zero-order valence-corrected chi connectivity index (χ0v) is 12.4. The van der Waals surface area contributed by atoms with Crippen molar-refractivity contribution in [3.63, 3.8) is 0 Å². The van der Waals surface area contributed by atoms with Crippen molar-refractivity contribution in [3.8, 4) is 0 Å². The monoisotopic (exact) mass is 333 g/mol. The van der Waals surface area contributed by atoms with Crippen LogP contribution in [0.15, 0.2) is 18.3 Å². The lowest BCUT2D eigenvalue weighted by Gasteiger charge is -2.31. The molecule has 128 valence electrons. The Labute approximate surface area is 130 Å². The van der Waals surface area contributed by atoms with E-state index in [9.17, 15) is 18.0 Å². The topological polar surface area (TPSA) is 104 Å². The summed E-state index contributed by atoms with van der Waals surface area (Å²) >= 11 is 0. The number of carbonyl (C=O) groups is 1. The Balaban J connectivity index is 2.25. The Morgan fingerprint density at radius 2 is 2.22 bits per heavy atom. The molecular formula is C13H18F3N5O2. The Kier molecular flexibility index (Phi) is 4.66. The van der Waals surface area contributed by atoms with Gasteiger partial charge in [0.15, 0.2) is 0 Å². The van der Waals surface area contributed by atoms with Gasteiger partial charge in [-0.15, -0.1) is 0 Å². The van der Waals surface area contributed by atoms with E-state index in [0.717, 1.165) is 6.20 Å². The summed E-state index contributed by atoms with van der Waals surface area (Å²) in [6.45, 7) is 1.67. The highest BCUT2D eigenvalue weighted by molar-refractivity contribution is 5.65. The molecule has 0 spiro atoms. The van der Waals surface area contributed by atoms with E-state index in [0.29, 0.717) is 6.42 Å². The van der Waals surface area contributed by atoms with Crippen molar-refractivity contribution in [1.82, 2.24) is 15.2 Å². The van der Waals surface area contributed by atoms with Crippen molar-refractivity contribution in [3.05, 3.63) is 23.9 Å². The largest absolute Gasteiger partial charge is 0.465 e. The summed E-state index contributed by atoms with van der Waals surface area (Å²) in [6, 6.07) is 0.818. The number of nitrogens with two attached hydrogens (primary N) is 1. The zero-order chi connectivity index (χ0) is 17.3. The van der Waals surface area contributed by atoms with Crippen LogP contribution in [-0.2, 0) is 0 Å². The number of hydrogen-bond donors (Lipinski definition) is 4. The molecule has 0 bridgehead atoms. The van der Waals surface area contributed by atoms with Gasteiger partial charge in [0.1, 0.15) is 11.9 Å². The van der Waals surface area contributed by atoms with Gasteiger partial charge < -0.3 is 15.8 Å². The van der Waals surface area contributed by atoms with Crippen molar-refractivity contribution in [1.29, 1.82) is 0 Å². The number of nitrogen functional groups attached to an aromatic ring is 1. The van der Waals surface area contributed by atoms with Crippen molar-refractivity contribution in [2.24, 2.45) is 5.84 Å². The molecule has 1 fully saturated rings. The lowest BCUT2D eigenvalue weighted by molar-refractivity contribution is -0.184. The standard InChI is InChI=1S/C13H18F3N5O2/c1-12(19-11(22)23)4-5-21(7-12)10(13(14,15)16)8-2-3-9(20-17)18-6-8/h2-3,6,10,19H,4-5,7,17H2,1H3,(H,18,20)(H,22,23)/t10-,12-/m1/s1. The van der Waals surface area contributed by atoms with Gasteiger partial charge >= 0.3 is 12.3 Å². The van der Waals surface area contributed by atoms with Gasteiger partial charge in [-0.1, -0.05) is 6.07 Å². The molecule has 0 aromatic carbocycles. The van der Waals surface area contributed by atoms with Gasteiger partial charge in [-0.3, -0.25) is 4.90 Å². The molecule has 10 heteroatoms. The van der Waals surface area contributed by atoms with Gasteiger partial charge in [0, 0.05) is 19.3 Å². The second-order valence-corrected chi connectivity index (χ2v) is 5.78. The molecule has 7 nitrogen and oxygen atoms in total. The van der Waals surface area contributed by atoms with Crippen LogP contribution in [0.1, 0.15) is 24.9 Å². The maximum absolute atomic E-state index is 13.5. The second kappa shape index (κ2) is 6.20. The third-order valence-electron chi connectivity index (χ3n) is 3.84. The highest BCUT2D eigenvalue weighted by Crippen LogP contribution is 2.40. The number of amides is 1. The highest BCUT2D eigenvalue weighted by atomic mass is 19.4. The molecule has 1 aliphatic rings. The zero-order valence-electron chi connectivity index (χ0n) is 12.4. The summed E-state index contributed by atoms with van der Waals surface area (Å²) in [4.78, 5) is 15.8. The smallest absolute Gasteiger partial charge is 0.408 e. The van der Waals surface area contributed by atoms with Gasteiger partial charge in [0.05, 0.1) is 5.54 Å². The first-order valence-corrected chi connectivity index (χ1v) is 6.89. The first kappa shape index (κ1) is 17.3. The molecule has 0 aliphatic carbocycles. The molecule has 0 radical (unpaired) electrons. The average Bonchev–Trinajstić information content (AvgIpc) is 2.79. The minimum absolute atomic E-state index is 0.0175. The number of carboxylic acid groups (broad SMARTS) is 1. The molecule has 2 heterocycles. The molecule has 2 rings (SSSR count). The summed E-state index contributed by atoms with van der Waals surface area (Å²) in [7, 11) is 0. The number of hydrazine groups is 1. The minimum atomic E-state index is -4.51. The third-order valence-corrected chi connectivity index (χ3v) is 3.84. The highest BCUT2D eigenvalue weighted by Gasteiger charge is 2.49. The first-order valence-electron chi connectivity index (χ1n) is 6.89. The van der Waals surface area contributed by atoms with Gasteiger partial charge in [-0.05, 0) is 25.0 Å². The number of hydrogen-bond acceptors (Lipinski definition) is 5. The van der Waals surface area contributed by atoms with Crippen LogP contribution in [0.5, 0.6) is 0 Å². The van der Waals surface area contributed by atoms with Crippen LogP contribution in [0, 0.1) is 0 Å². The number of nitrogens with zero attached hydrogens (tertiary/aromatic N) is 2. The van der Waals surface area contributed by atoms with E-state index in [1.807, 2.05) is 0 Å². The molecular weight excluding hydrogens is 315 g/mol. The maximum Gasteiger partial charge on any atom is 0.408 e. The van der Waals surface area contributed by atoms with Crippen LogP contribution in [0.3, 0.4) is 0 Å². The fraction of sp³-hybridized carbons (Fsp3) is 0.538. The quantitative estimate of drug-likeness (QED) is 0.494. The van der Waals surface area contributed by atoms with Gasteiger partial charge in [0.25, 0.3) is 0 Å². The number of alkyl halides is 3. The van der Waals surface area contributed by atoms with E-state index >= 15 is 0 Å². The minimum Gasteiger partial charge on any atom is -0.465 e. The Hall–Kier alpha value is -2.07. The summed E-state index contributed by atoms with van der Waals surface area (Å²) in [5.74, 6) is 5.41. The Bertz CT molecular complexity index is 566. The molecule has 1 aliphatic heterocycles. The summed E-state index contributed by atoms with van der Waals surface area (Å²) in [5.41, 5.74) is 1.32. The first-order chi connectivity index (χ1) is 10.6. The Morgan fingerprint density at radius 1 is 1.52 bits per heavy atom. The number of likely N-dealkylation sites (tertiary alicyclic amines) is 1. The van der Waals surface area contributed by atoms with E-state index in [4.69, 9.17) is 10.9 Å². The number of rotatable bonds is 4. The van der Waals surface area contributed by atoms with Crippen LogP contribution < -0.4 is 16.6 Å². The average molecular weight is 333 g/mol. The van der Waals surface area contributed by atoms with Crippen molar-refractivity contribution in [2.75, 3.05) is 18.5 Å². The molecule has 1 amide bonds. The van der Waals surface area contributed by atoms with Gasteiger partial charge in [0.2, 0.25) is 0 Å². The predicted molar refractivity (Wildman–Crippen MR) is 76.6 cm³/mol. The molecule has 0 saturated carbocycles. The predicted octanol–water partition coefficient (Wildman–Crippen LogP) is 1.70. The summed E-state index contributed by atoms with van der Waals surface area (Å²) in [6.07, 6.45) is -4.35. The van der Waals surface area contributed by atoms with E-state index in [1.54, 1.807) is 6.92 Å². The van der Waals surface area contributed by atoms with Crippen LogP contribution in [-0.4, -0.2) is 45.9 Å². The van der Waals surface area contributed by atoms with Crippen molar-refractivity contribution < 1.29 is 23.1 Å². The van der Waals surface area contributed by atoms with E-state index < -0.39 is 23.9 Å². The molecule has 0 unspecified atom stereocenters. The van der Waals surface area contributed by atoms with E-state index in [1.165, 1.54) is 17.0 Å². The molecule has 1 aromatic rings. The molecule has 1 aromatic heterocycles. The van der Waals surface area contributed by atoms with E-state index in [-0.39, 0.29) is 24.5 Å². The van der Waals surface area contributed by atoms with Crippen LogP contribution >= 0.6 is 0 Å². The van der Waals surface area contributed by atoms with Crippen molar-refractivity contribution >= 4 is 11.9 Å². The summed E-state index contributed by atoms with van der Waals surface area (Å²) < 4.78 is 40.5.